The highest BCUT2D eigenvalue weighted by molar-refractivity contribution is 5.48. The van der Waals surface area contributed by atoms with Crippen LogP contribution < -0.4 is 0 Å². The average Bonchev–Trinajstić information content (AvgIpc) is 2.58. The molecule has 114 valence electrons. The molecule has 0 aliphatic carbocycles. The van der Waals surface area contributed by atoms with Crippen molar-refractivity contribution in [2.45, 2.75) is 6.10 Å². The second kappa shape index (κ2) is 7.29. The Morgan fingerprint density at radius 1 is 1.27 bits per heavy atom. The maximum atomic E-state index is 12.9. The van der Waals surface area contributed by atoms with E-state index in [4.69, 9.17) is 4.74 Å². The minimum absolute atomic E-state index is 0.0849. The van der Waals surface area contributed by atoms with Crippen molar-refractivity contribution < 1.29 is 9.13 Å². The average molecular weight is 298 g/mol. The van der Waals surface area contributed by atoms with Gasteiger partial charge >= 0.3 is 0 Å². The SMILES string of the molecule is Fc1ccc(/C=C/CN2CCO[C@H](c3cccnc3)C2)cc1. The molecule has 0 bridgehead atoms. The van der Waals surface area contributed by atoms with Crippen molar-refractivity contribution in [3.63, 3.8) is 0 Å². The largest absolute Gasteiger partial charge is 0.371 e. The Bertz CT molecular complexity index is 613. The Labute approximate surface area is 130 Å². The second-order valence-corrected chi connectivity index (χ2v) is 5.36. The molecule has 1 atom stereocenters. The fourth-order valence-corrected chi connectivity index (χ4v) is 2.55. The molecule has 0 saturated carbocycles. The van der Waals surface area contributed by atoms with Gasteiger partial charge in [0.15, 0.2) is 0 Å². The van der Waals surface area contributed by atoms with Crippen molar-refractivity contribution in [1.29, 1.82) is 0 Å². The molecule has 1 aromatic heterocycles. The van der Waals surface area contributed by atoms with Crippen LogP contribution in [0, 0.1) is 5.82 Å². The summed E-state index contributed by atoms with van der Waals surface area (Å²) in [6.07, 6.45) is 7.85. The molecule has 2 heterocycles. The van der Waals surface area contributed by atoms with E-state index in [2.05, 4.69) is 22.0 Å². The zero-order valence-corrected chi connectivity index (χ0v) is 12.4. The molecule has 1 saturated heterocycles. The smallest absolute Gasteiger partial charge is 0.123 e. The minimum atomic E-state index is -0.204. The van der Waals surface area contributed by atoms with Crippen LogP contribution in [0.15, 0.2) is 54.9 Å². The monoisotopic (exact) mass is 298 g/mol. The number of halogens is 1. The van der Waals surface area contributed by atoms with Crippen LogP contribution in [0.2, 0.25) is 0 Å². The first-order chi connectivity index (χ1) is 10.8. The third-order valence-electron chi connectivity index (χ3n) is 3.75. The number of hydrogen-bond acceptors (Lipinski definition) is 3. The quantitative estimate of drug-likeness (QED) is 0.866. The van der Waals surface area contributed by atoms with Crippen molar-refractivity contribution in [2.24, 2.45) is 0 Å². The summed E-state index contributed by atoms with van der Waals surface area (Å²) in [5.74, 6) is -0.204. The summed E-state index contributed by atoms with van der Waals surface area (Å²) in [7, 11) is 0. The van der Waals surface area contributed by atoms with Gasteiger partial charge in [-0.15, -0.1) is 0 Å². The summed E-state index contributed by atoms with van der Waals surface area (Å²) in [5.41, 5.74) is 2.13. The van der Waals surface area contributed by atoms with Crippen molar-refractivity contribution >= 4 is 6.08 Å². The summed E-state index contributed by atoms with van der Waals surface area (Å²) >= 11 is 0. The number of benzene rings is 1. The third-order valence-corrected chi connectivity index (χ3v) is 3.75. The van der Waals surface area contributed by atoms with Gasteiger partial charge in [-0.1, -0.05) is 30.4 Å². The number of ether oxygens (including phenoxy) is 1. The van der Waals surface area contributed by atoms with E-state index >= 15 is 0 Å². The van der Waals surface area contributed by atoms with Crippen molar-refractivity contribution in [2.75, 3.05) is 26.2 Å². The summed E-state index contributed by atoms with van der Waals surface area (Å²) in [6.45, 7) is 3.37. The van der Waals surface area contributed by atoms with Crippen molar-refractivity contribution in [3.8, 4) is 0 Å². The molecule has 0 N–H and O–H groups in total. The number of nitrogens with zero attached hydrogens (tertiary/aromatic N) is 2. The van der Waals surface area contributed by atoms with Crippen LogP contribution in [0.4, 0.5) is 4.39 Å². The zero-order valence-electron chi connectivity index (χ0n) is 12.4. The normalized spacial score (nSPS) is 19.6. The first kappa shape index (κ1) is 14.9. The molecule has 0 spiro atoms. The van der Waals surface area contributed by atoms with Crippen LogP contribution in [-0.4, -0.2) is 36.1 Å². The predicted molar refractivity (Wildman–Crippen MR) is 84.8 cm³/mol. The molecule has 1 aliphatic heterocycles. The molecule has 0 radical (unpaired) electrons. The number of hydrogen-bond donors (Lipinski definition) is 0. The number of morpholine rings is 1. The summed E-state index contributed by atoms with van der Waals surface area (Å²) in [4.78, 5) is 6.50. The van der Waals surface area contributed by atoms with Gasteiger partial charge in [0.05, 0.1) is 12.7 Å². The highest BCUT2D eigenvalue weighted by atomic mass is 19.1. The zero-order chi connectivity index (χ0) is 15.2. The van der Waals surface area contributed by atoms with E-state index in [1.54, 1.807) is 18.3 Å². The molecule has 1 aliphatic rings. The van der Waals surface area contributed by atoms with E-state index in [9.17, 15) is 4.39 Å². The number of pyridine rings is 1. The Morgan fingerprint density at radius 2 is 2.14 bits per heavy atom. The molecule has 2 aromatic rings. The number of rotatable bonds is 4. The Kier molecular flexibility index (Phi) is 4.93. The topological polar surface area (TPSA) is 25.4 Å². The summed E-state index contributed by atoms with van der Waals surface area (Å²) in [6, 6.07) is 10.5. The lowest BCUT2D eigenvalue weighted by molar-refractivity contribution is -0.0261. The lowest BCUT2D eigenvalue weighted by Gasteiger charge is -2.32. The first-order valence-corrected chi connectivity index (χ1v) is 7.47. The van der Waals surface area contributed by atoms with Gasteiger partial charge in [-0.25, -0.2) is 4.39 Å². The molecule has 1 fully saturated rings. The first-order valence-electron chi connectivity index (χ1n) is 7.47. The predicted octanol–water partition coefficient (Wildman–Crippen LogP) is 3.31. The van der Waals surface area contributed by atoms with E-state index in [1.807, 2.05) is 18.3 Å². The highest BCUT2D eigenvalue weighted by Gasteiger charge is 2.21. The molecule has 0 amide bonds. The molecular weight excluding hydrogens is 279 g/mol. The van der Waals surface area contributed by atoms with Crippen molar-refractivity contribution in [3.05, 3.63) is 71.8 Å². The van der Waals surface area contributed by atoms with Crippen LogP contribution in [0.5, 0.6) is 0 Å². The van der Waals surface area contributed by atoms with Crippen LogP contribution >= 0.6 is 0 Å². The van der Waals surface area contributed by atoms with E-state index in [0.29, 0.717) is 0 Å². The fraction of sp³-hybridized carbons (Fsp3) is 0.278. The molecule has 22 heavy (non-hydrogen) atoms. The van der Waals surface area contributed by atoms with E-state index < -0.39 is 0 Å². The molecular formula is C18H19FN2O. The van der Waals surface area contributed by atoms with Gasteiger partial charge in [0.1, 0.15) is 5.82 Å². The van der Waals surface area contributed by atoms with Crippen LogP contribution in [-0.2, 0) is 4.74 Å². The van der Waals surface area contributed by atoms with Crippen LogP contribution in [0.1, 0.15) is 17.2 Å². The lowest BCUT2D eigenvalue weighted by Crippen LogP contribution is -2.38. The van der Waals surface area contributed by atoms with E-state index in [-0.39, 0.29) is 11.9 Å². The Hall–Kier alpha value is -2.04. The van der Waals surface area contributed by atoms with Gasteiger partial charge in [-0.3, -0.25) is 9.88 Å². The van der Waals surface area contributed by atoms with Crippen LogP contribution in [0.25, 0.3) is 6.08 Å². The second-order valence-electron chi connectivity index (χ2n) is 5.36. The minimum Gasteiger partial charge on any atom is -0.371 e. The van der Waals surface area contributed by atoms with Gasteiger partial charge in [0.25, 0.3) is 0 Å². The molecule has 1 aromatic carbocycles. The van der Waals surface area contributed by atoms with Gasteiger partial charge < -0.3 is 4.74 Å². The van der Waals surface area contributed by atoms with Crippen LogP contribution in [0.3, 0.4) is 0 Å². The Morgan fingerprint density at radius 3 is 2.91 bits per heavy atom. The third kappa shape index (κ3) is 4.00. The number of aromatic nitrogens is 1. The Balaban J connectivity index is 1.55. The lowest BCUT2D eigenvalue weighted by atomic mass is 10.1. The highest BCUT2D eigenvalue weighted by Crippen LogP contribution is 2.21. The maximum absolute atomic E-state index is 12.9. The summed E-state index contributed by atoms with van der Waals surface area (Å²) < 4.78 is 18.7. The van der Waals surface area contributed by atoms with Gasteiger partial charge in [0.2, 0.25) is 0 Å². The van der Waals surface area contributed by atoms with Gasteiger partial charge in [-0.05, 0) is 23.8 Å². The molecule has 4 heteroatoms. The fourth-order valence-electron chi connectivity index (χ4n) is 2.55. The van der Waals surface area contributed by atoms with Gasteiger partial charge in [0, 0.05) is 37.6 Å². The summed E-state index contributed by atoms with van der Waals surface area (Å²) in [5, 5.41) is 0. The van der Waals surface area contributed by atoms with E-state index in [0.717, 1.165) is 37.4 Å². The standard InChI is InChI=1S/C18H19FN2O/c19-17-7-5-15(6-8-17)3-2-10-21-11-12-22-18(14-21)16-4-1-9-20-13-16/h1-9,13,18H,10-12,14H2/b3-2+/t18-/m0/s1. The molecule has 0 unspecified atom stereocenters. The molecule has 3 rings (SSSR count). The molecule has 3 nitrogen and oxygen atoms in total. The van der Waals surface area contributed by atoms with Crippen molar-refractivity contribution in [1.82, 2.24) is 9.88 Å². The van der Waals surface area contributed by atoms with Gasteiger partial charge in [-0.2, -0.15) is 0 Å². The maximum Gasteiger partial charge on any atom is 0.123 e. The van der Waals surface area contributed by atoms with E-state index in [1.165, 1.54) is 12.1 Å².